The highest BCUT2D eigenvalue weighted by molar-refractivity contribution is 6.30. The summed E-state index contributed by atoms with van der Waals surface area (Å²) in [5, 5.41) is 10.8. The van der Waals surface area contributed by atoms with Gasteiger partial charge in [0.1, 0.15) is 18.5 Å². The molecule has 0 aliphatic heterocycles. The maximum atomic E-state index is 10.1. The van der Waals surface area contributed by atoms with Gasteiger partial charge >= 0.3 is 0 Å². The fourth-order valence-electron chi connectivity index (χ4n) is 2.00. The summed E-state index contributed by atoms with van der Waals surface area (Å²) in [5.74, 6) is 0.702. The Kier molecular flexibility index (Phi) is 4.46. The Bertz CT molecular complexity index is 529. The van der Waals surface area contributed by atoms with Gasteiger partial charge in [0.2, 0.25) is 0 Å². The Balaban J connectivity index is 2.00. The topological polar surface area (TPSA) is 29.5 Å². The van der Waals surface area contributed by atoms with Crippen LogP contribution >= 0.6 is 11.6 Å². The van der Waals surface area contributed by atoms with E-state index in [4.69, 9.17) is 16.3 Å². The predicted molar refractivity (Wildman–Crippen MR) is 77.8 cm³/mol. The van der Waals surface area contributed by atoms with Gasteiger partial charge in [0.25, 0.3) is 0 Å². The van der Waals surface area contributed by atoms with Crippen LogP contribution in [0.3, 0.4) is 0 Å². The molecule has 0 aliphatic carbocycles. The van der Waals surface area contributed by atoms with Crippen LogP contribution in [-0.4, -0.2) is 11.7 Å². The molecule has 0 heterocycles. The highest BCUT2D eigenvalue weighted by Gasteiger charge is 2.09. The molecule has 0 saturated carbocycles. The highest BCUT2D eigenvalue weighted by atomic mass is 35.5. The van der Waals surface area contributed by atoms with E-state index in [1.807, 2.05) is 26.0 Å². The van der Waals surface area contributed by atoms with Gasteiger partial charge in [-0.1, -0.05) is 40.9 Å². The summed E-state index contributed by atoms with van der Waals surface area (Å²) < 4.78 is 5.55. The number of hydrogen-bond donors (Lipinski definition) is 1. The normalized spacial score (nSPS) is 12.2. The van der Waals surface area contributed by atoms with Gasteiger partial charge in [0.15, 0.2) is 0 Å². The first-order valence-electron chi connectivity index (χ1n) is 6.19. The van der Waals surface area contributed by atoms with Crippen molar-refractivity contribution in [2.45, 2.75) is 20.0 Å². The van der Waals surface area contributed by atoms with Gasteiger partial charge in [-0.2, -0.15) is 0 Å². The second kappa shape index (κ2) is 6.09. The van der Waals surface area contributed by atoms with Crippen LogP contribution < -0.4 is 4.74 Å². The molecule has 0 spiro atoms. The van der Waals surface area contributed by atoms with Crippen LogP contribution in [0.15, 0.2) is 42.5 Å². The van der Waals surface area contributed by atoms with Crippen molar-refractivity contribution < 1.29 is 9.84 Å². The first-order chi connectivity index (χ1) is 9.04. The van der Waals surface area contributed by atoms with Crippen molar-refractivity contribution in [2.24, 2.45) is 0 Å². The van der Waals surface area contributed by atoms with Crippen LogP contribution in [0, 0.1) is 13.8 Å². The summed E-state index contributed by atoms with van der Waals surface area (Å²) in [4.78, 5) is 0. The van der Waals surface area contributed by atoms with E-state index in [1.165, 1.54) is 0 Å². The summed E-state index contributed by atoms with van der Waals surface area (Å²) in [6, 6.07) is 13.1. The van der Waals surface area contributed by atoms with E-state index in [1.54, 1.807) is 24.3 Å². The number of aliphatic hydroxyl groups is 1. The van der Waals surface area contributed by atoms with Crippen molar-refractivity contribution >= 4 is 11.6 Å². The van der Waals surface area contributed by atoms with Crippen LogP contribution in [0.5, 0.6) is 5.75 Å². The van der Waals surface area contributed by atoms with E-state index in [2.05, 4.69) is 6.07 Å². The lowest BCUT2D eigenvalue weighted by Crippen LogP contribution is -2.10. The van der Waals surface area contributed by atoms with E-state index >= 15 is 0 Å². The standard InChI is InChI=1S/C16H17ClO2/c1-11-7-12(2)9-13(8-11)16(18)10-19-15-5-3-14(17)4-6-15/h3-9,16,18H,10H2,1-2H3. The molecule has 0 bridgehead atoms. The van der Waals surface area contributed by atoms with Crippen molar-refractivity contribution in [1.29, 1.82) is 0 Å². The summed E-state index contributed by atoms with van der Waals surface area (Å²) in [7, 11) is 0. The molecule has 1 unspecified atom stereocenters. The molecule has 19 heavy (non-hydrogen) atoms. The Labute approximate surface area is 118 Å². The monoisotopic (exact) mass is 276 g/mol. The Morgan fingerprint density at radius 1 is 1.05 bits per heavy atom. The summed E-state index contributed by atoms with van der Waals surface area (Å²) in [5.41, 5.74) is 3.16. The molecule has 2 rings (SSSR count). The smallest absolute Gasteiger partial charge is 0.119 e. The van der Waals surface area contributed by atoms with Gasteiger partial charge in [-0.05, 0) is 43.7 Å². The molecular formula is C16H17ClO2. The number of ether oxygens (including phenoxy) is 1. The molecule has 0 aromatic heterocycles. The van der Waals surface area contributed by atoms with E-state index in [0.717, 1.165) is 16.7 Å². The first kappa shape index (κ1) is 13.9. The quantitative estimate of drug-likeness (QED) is 0.912. The third-order valence-electron chi connectivity index (χ3n) is 2.85. The van der Waals surface area contributed by atoms with Crippen molar-refractivity contribution in [3.63, 3.8) is 0 Å². The number of aliphatic hydroxyl groups excluding tert-OH is 1. The van der Waals surface area contributed by atoms with Gasteiger partial charge in [0, 0.05) is 5.02 Å². The predicted octanol–water partition coefficient (Wildman–Crippen LogP) is 4.07. The van der Waals surface area contributed by atoms with Crippen LogP contribution in [0.2, 0.25) is 5.02 Å². The van der Waals surface area contributed by atoms with Gasteiger partial charge in [-0.3, -0.25) is 0 Å². The molecule has 2 aromatic rings. The molecule has 100 valence electrons. The lowest BCUT2D eigenvalue weighted by atomic mass is 10.0. The molecule has 0 aliphatic rings. The molecule has 0 fully saturated rings. The van der Waals surface area contributed by atoms with E-state index in [9.17, 15) is 5.11 Å². The maximum Gasteiger partial charge on any atom is 0.119 e. The average Bonchev–Trinajstić information content (AvgIpc) is 2.36. The second-order valence-electron chi connectivity index (χ2n) is 4.70. The number of hydrogen-bond acceptors (Lipinski definition) is 2. The maximum absolute atomic E-state index is 10.1. The number of rotatable bonds is 4. The van der Waals surface area contributed by atoms with Gasteiger partial charge in [-0.25, -0.2) is 0 Å². The molecule has 2 nitrogen and oxygen atoms in total. The molecule has 1 atom stereocenters. The SMILES string of the molecule is Cc1cc(C)cc(C(O)COc2ccc(Cl)cc2)c1. The fraction of sp³-hybridized carbons (Fsp3) is 0.250. The van der Waals surface area contributed by atoms with Gasteiger partial charge in [0.05, 0.1) is 0 Å². The van der Waals surface area contributed by atoms with E-state index in [0.29, 0.717) is 10.8 Å². The van der Waals surface area contributed by atoms with Crippen LogP contribution in [-0.2, 0) is 0 Å². The van der Waals surface area contributed by atoms with Crippen molar-refractivity contribution in [2.75, 3.05) is 6.61 Å². The molecule has 0 amide bonds. The van der Waals surface area contributed by atoms with Gasteiger partial charge in [-0.15, -0.1) is 0 Å². The molecule has 0 radical (unpaired) electrons. The van der Waals surface area contributed by atoms with Crippen LogP contribution in [0.25, 0.3) is 0 Å². The molecular weight excluding hydrogens is 260 g/mol. The lowest BCUT2D eigenvalue weighted by Gasteiger charge is -2.14. The second-order valence-corrected chi connectivity index (χ2v) is 5.14. The van der Waals surface area contributed by atoms with Crippen LogP contribution in [0.4, 0.5) is 0 Å². The largest absolute Gasteiger partial charge is 0.491 e. The summed E-state index contributed by atoms with van der Waals surface area (Å²) in [6.07, 6.45) is -0.630. The summed E-state index contributed by atoms with van der Waals surface area (Å²) in [6.45, 7) is 4.26. The zero-order valence-corrected chi connectivity index (χ0v) is 11.8. The van der Waals surface area contributed by atoms with E-state index < -0.39 is 6.10 Å². The molecule has 1 N–H and O–H groups in total. The van der Waals surface area contributed by atoms with Crippen LogP contribution in [0.1, 0.15) is 22.8 Å². The number of aryl methyl sites for hydroxylation is 2. The molecule has 3 heteroatoms. The van der Waals surface area contributed by atoms with Gasteiger partial charge < -0.3 is 9.84 Å². The zero-order valence-electron chi connectivity index (χ0n) is 11.1. The molecule has 2 aromatic carbocycles. The number of benzene rings is 2. The Hall–Kier alpha value is -1.51. The Morgan fingerprint density at radius 2 is 1.63 bits per heavy atom. The minimum absolute atomic E-state index is 0.227. The highest BCUT2D eigenvalue weighted by Crippen LogP contribution is 2.20. The summed E-state index contributed by atoms with van der Waals surface area (Å²) >= 11 is 5.80. The van der Waals surface area contributed by atoms with E-state index in [-0.39, 0.29) is 6.61 Å². The first-order valence-corrected chi connectivity index (χ1v) is 6.57. The third kappa shape index (κ3) is 3.98. The van der Waals surface area contributed by atoms with Crippen molar-refractivity contribution in [3.05, 3.63) is 64.2 Å². The lowest BCUT2D eigenvalue weighted by molar-refractivity contribution is 0.108. The Morgan fingerprint density at radius 3 is 2.21 bits per heavy atom. The van der Waals surface area contributed by atoms with Crippen molar-refractivity contribution in [3.8, 4) is 5.75 Å². The molecule has 0 saturated heterocycles. The average molecular weight is 277 g/mol. The minimum Gasteiger partial charge on any atom is -0.491 e. The zero-order chi connectivity index (χ0) is 13.8. The van der Waals surface area contributed by atoms with Crippen molar-refractivity contribution in [1.82, 2.24) is 0 Å². The fourth-order valence-corrected chi connectivity index (χ4v) is 2.13. The number of halogens is 1. The third-order valence-corrected chi connectivity index (χ3v) is 3.10. The minimum atomic E-state index is -0.630.